The molecule has 7 nitrogen and oxygen atoms in total. The summed E-state index contributed by atoms with van der Waals surface area (Å²) in [5, 5.41) is 0. The average Bonchev–Trinajstić information content (AvgIpc) is 2.46. The largest absolute Gasteiger partial charge is 0.497 e. The van der Waals surface area contributed by atoms with Crippen LogP contribution in [0.2, 0.25) is 0 Å². The molecule has 0 unspecified atom stereocenters. The predicted molar refractivity (Wildman–Crippen MR) is 82.8 cm³/mol. The van der Waals surface area contributed by atoms with E-state index in [-0.39, 0.29) is 10.9 Å². The molecule has 0 saturated carbocycles. The van der Waals surface area contributed by atoms with Crippen LogP contribution in [-0.2, 0) is 20.0 Å². The number of ether oxygens (including phenoxy) is 1. The number of piperidine rings is 1. The highest BCUT2D eigenvalue weighted by Crippen LogP contribution is 2.18. The molecule has 0 bridgehead atoms. The average molecular weight is 348 g/mol. The second-order valence-electron chi connectivity index (χ2n) is 5.23. The van der Waals surface area contributed by atoms with Gasteiger partial charge in [-0.1, -0.05) is 0 Å². The molecule has 1 heterocycles. The van der Waals surface area contributed by atoms with Crippen LogP contribution in [0.4, 0.5) is 0 Å². The van der Waals surface area contributed by atoms with Crippen LogP contribution >= 0.6 is 0 Å². The third-order valence-electron chi connectivity index (χ3n) is 3.61. The van der Waals surface area contributed by atoms with E-state index in [1.165, 1.54) is 23.5 Å². The lowest BCUT2D eigenvalue weighted by molar-refractivity contribution is 0.310. The first-order valence-electron chi connectivity index (χ1n) is 6.84. The van der Waals surface area contributed by atoms with Crippen molar-refractivity contribution in [3.63, 3.8) is 0 Å². The van der Waals surface area contributed by atoms with Gasteiger partial charge in [0.05, 0.1) is 18.3 Å². The predicted octanol–water partition coefficient (Wildman–Crippen LogP) is 0.398. The fourth-order valence-corrected chi connectivity index (χ4v) is 4.53. The molecule has 1 aromatic rings. The summed E-state index contributed by atoms with van der Waals surface area (Å²) >= 11 is 0. The zero-order valence-corrected chi connectivity index (χ0v) is 14.2. The van der Waals surface area contributed by atoms with Gasteiger partial charge < -0.3 is 4.74 Å². The first kappa shape index (κ1) is 17.2. The Balaban J connectivity index is 2.01. The minimum atomic E-state index is -3.61. The van der Waals surface area contributed by atoms with E-state index in [1.54, 1.807) is 12.1 Å². The summed E-state index contributed by atoms with van der Waals surface area (Å²) in [5.74, 6) is 0.584. The molecule has 1 saturated heterocycles. The van der Waals surface area contributed by atoms with Gasteiger partial charge in [0.25, 0.3) is 0 Å². The summed E-state index contributed by atoms with van der Waals surface area (Å²) in [6, 6.07) is 5.87. The fourth-order valence-electron chi connectivity index (χ4n) is 2.35. The lowest BCUT2D eigenvalue weighted by atomic mass is 10.1. The van der Waals surface area contributed by atoms with Crippen molar-refractivity contribution < 1.29 is 21.6 Å². The van der Waals surface area contributed by atoms with Crippen molar-refractivity contribution >= 4 is 20.0 Å². The first-order chi connectivity index (χ1) is 10.2. The lowest BCUT2D eigenvalue weighted by Gasteiger charge is -2.30. The molecule has 22 heavy (non-hydrogen) atoms. The van der Waals surface area contributed by atoms with E-state index in [0.717, 1.165) is 6.26 Å². The molecule has 9 heteroatoms. The SMILES string of the molecule is COc1ccc(S(=O)(=O)NC2CCN(S(C)(=O)=O)CC2)cc1. The van der Waals surface area contributed by atoms with Gasteiger partial charge in [0.1, 0.15) is 5.75 Å². The molecule has 1 aliphatic rings. The summed E-state index contributed by atoms with van der Waals surface area (Å²) in [6.45, 7) is 0.656. The summed E-state index contributed by atoms with van der Waals surface area (Å²) in [5.41, 5.74) is 0. The van der Waals surface area contributed by atoms with Gasteiger partial charge in [0.2, 0.25) is 20.0 Å². The Bertz CT molecular complexity index is 705. The van der Waals surface area contributed by atoms with Gasteiger partial charge in [0.15, 0.2) is 0 Å². The van der Waals surface area contributed by atoms with Gasteiger partial charge in [-0.15, -0.1) is 0 Å². The van der Waals surface area contributed by atoms with Crippen LogP contribution < -0.4 is 9.46 Å². The van der Waals surface area contributed by atoms with Crippen molar-refractivity contribution in [3.8, 4) is 5.75 Å². The molecule has 0 radical (unpaired) electrons. The maximum Gasteiger partial charge on any atom is 0.240 e. The summed E-state index contributed by atoms with van der Waals surface area (Å²) in [6.07, 6.45) is 2.08. The Morgan fingerprint density at radius 3 is 2.09 bits per heavy atom. The normalized spacial score (nSPS) is 18.3. The monoisotopic (exact) mass is 348 g/mol. The second kappa shape index (κ2) is 6.53. The van der Waals surface area contributed by atoms with Crippen molar-refractivity contribution in [1.82, 2.24) is 9.03 Å². The minimum absolute atomic E-state index is 0.166. The van der Waals surface area contributed by atoms with Crippen LogP contribution in [0.5, 0.6) is 5.75 Å². The number of rotatable bonds is 5. The molecular formula is C13H20N2O5S2. The highest BCUT2D eigenvalue weighted by atomic mass is 32.2. The molecule has 0 aliphatic carbocycles. The molecule has 1 aromatic carbocycles. The molecule has 124 valence electrons. The molecule has 0 spiro atoms. The molecule has 0 aromatic heterocycles. The quantitative estimate of drug-likeness (QED) is 0.831. The van der Waals surface area contributed by atoms with E-state index in [0.29, 0.717) is 31.7 Å². The number of nitrogens with one attached hydrogen (secondary N) is 1. The maximum absolute atomic E-state index is 12.3. The van der Waals surface area contributed by atoms with Crippen LogP contribution in [0.25, 0.3) is 0 Å². The number of hydrogen-bond donors (Lipinski definition) is 1. The zero-order chi connectivity index (χ0) is 16.4. The van der Waals surface area contributed by atoms with Crippen LogP contribution in [-0.4, -0.2) is 53.6 Å². The van der Waals surface area contributed by atoms with Crippen molar-refractivity contribution in [2.45, 2.75) is 23.8 Å². The highest BCUT2D eigenvalue weighted by Gasteiger charge is 2.28. The van der Waals surface area contributed by atoms with Gasteiger partial charge in [-0.05, 0) is 37.1 Å². The van der Waals surface area contributed by atoms with Gasteiger partial charge in [-0.2, -0.15) is 0 Å². The number of sulfonamides is 2. The molecular weight excluding hydrogens is 328 g/mol. The van der Waals surface area contributed by atoms with Crippen molar-refractivity contribution in [2.24, 2.45) is 0 Å². The standard InChI is InChI=1S/C13H20N2O5S2/c1-20-12-3-5-13(6-4-12)22(18,19)14-11-7-9-15(10-8-11)21(2,16)17/h3-6,11,14H,7-10H2,1-2H3. The molecule has 0 amide bonds. The van der Waals surface area contributed by atoms with Crippen molar-refractivity contribution in [1.29, 1.82) is 0 Å². The Hall–Kier alpha value is -1.16. The first-order valence-corrected chi connectivity index (χ1v) is 10.2. The Kier molecular flexibility index (Phi) is 5.10. The molecule has 2 rings (SSSR count). The molecule has 1 N–H and O–H groups in total. The minimum Gasteiger partial charge on any atom is -0.497 e. The van der Waals surface area contributed by atoms with Crippen LogP contribution in [0, 0.1) is 0 Å². The number of methoxy groups -OCH3 is 1. The lowest BCUT2D eigenvalue weighted by Crippen LogP contribution is -2.46. The van der Waals surface area contributed by atoms with E-state index in [4.69, 9.17) is 4.74 Å². The maximum atomic E-state index is 12.3. The van der Waals surface area contributed by atoms with E-state index >= 15 is 0 Å². The molecule has 1 aliphatic heterocycles. The van der Waals surface area contributed by atoms with Crippen LogP contribution in [0.15, 0.2) is 29.2 Å². The topological polar surface area (TPSA) is 92.8 Å². The third kappa shape index (κ3) is 4.19. The van der Waals surface area contributed by atoms with Crippen LogP contribution in [0.3, 0.4) is 0 Å². The van der Waals surface area contributed by atoms with E-state index in [9.17, 15) is 16.8 Å². The smallest absolute Gasteiger partial charge is 0.240 e. The fraction of sp³-hybridized carbons (Fsp3) is 0.538. The number of nitrogens with zero attached hydrogens (tertiary/aromatic N) is 1. The van der Waals surface area contributed by atoms with Gasteiger partial charge in [0, 0.05) is 19.1 Å². The van der Waals surface area contributed by atoms with Crippen LogP contribution in [0.1, 0.15) is 12.8 Å². The zero-order valence-electron chi connectivity index (χ0n) is 12.5. The highest BCUT2D eigenvalue weighted by molar-refractivity contribution is 7.89. The Morgan fingerprint density at radius 1 is 1.09 bits per heavy atom. The van der Waals surface area contributed by atoms with E-state index < -0.39 is 20.0 Å². The van der Waals surface area contributed by atoms with Crippen molar-refractivity contribution in [2.75, 3.05) is 26.5 Å². The summed E-state index contributed by atoms with van der Waals surface area (Å²) in [7, 11) is -5.31. The number of hydrogen-bond acceptors (Lipinski definition) is 5. The summed E-state index contributed by atoms with van der Waals surface area (Å²) < 4.78 is 56.5. The third-order valence-corrected chi connectivity index (χ3v) is 6.45. The number of benzene rings is 1. The van der Waals surface area contributed by atoms with E-state index in [2.05, 4.69) is 4.72 Å². The molecule has 1 fully saturated rings. The van der Waals surface area contributed by atoms with Crippen molar-refractivity contribution in [3.05, 3.63) is 24.3 Å². The Morgan fingerprint density at radius 2 is 1.64 bits per heavy atom. The van der Waals surface area contributed by atoms with Gasteiger partial charge in [-0.3, -0.25) is 0 Å². The molecule has 0 atom stereocenters. The van der Waals surface area contributed by atoms with E-state index in [1.807, 2.05) is 0 Å². The Labute approximate surface area is 131 Å². The van der Waals surface area contributed by atoms with Gasteiger partial charge >= 0.3 is 0 Å². The second-order valence-corrected chi connectivity index (χ2v) is 8.93. The van der Waals surface area contributed by atoms with Gasteiger partial charge in [-0.25, -0.2) is 25.9 Å². The summed E-state index contributed by atoms with van der Waals surface area (Å²) in [4.78, 5) is 0.166.